The Hall–Kier alpha value is 0.110. The fraction of sp³-hybridized carbons (Fsp3) is 0.200. The molecule has 8 heavy (non-hydrogen) atoms. The van der Waals surface area contributed by atoms with E-state index in [0.29, 0.717) is 0 Å². The minimum Gasteiger partial charge on any atom is -0.457 e. The standard InChI is InChI=1S/C5H5BrOS/c1-8-5-2-4(6)3-7-5/h2-3H,1H3. The van der Waals surface area contributed by atoms with Gasteiger partial charge >= 0.3 is 0 Å². The molecular formula is C5H5BrOS. The number of rotatable bonds is 1. The van der Waals surface area contributed by atoms with Crippen molar-refractivity contribution >= 4 is 27.7 Å². The van der Waals surface area contributed by atoms with E-state index in [0.717, 1.165) is 9.56 Å². The highest BCUT2D eigenvalue weighted by molar-refractivity contribution is 9.10. The summed E-state index contributed by atoms with van der Waals surface area (Å²) in [5.41, 5.74) is 0. The van der Waals surface area contributed by atoms with E-state index in [-0.39, 0.29) is 0 Å². The molecule has 0 aliphatic carbocycles. The number of hydrogen-bond acceptors (Lipinski definition) is 2. The topological polar surface area (TPSA) is 13.1 Å². The van der Waals surface area contributed by atoms with Crippen molar-refractivity contribution in [2.45, 2.75) is 5.09 Å². The van der Waals surface area contributed by atoms with E-state index in [4.69, 9.17) is 4.42 Å². The lowest BCUT2D eigenvalue weighted by atomic mass is 10.7. The van der Waals surface area contributed by atoms with Gasteiger partial charge in [0.25, 0.3) is 0 Å². The average Bonchev–Trinajstić information content (AvgIpc) is 2.14. The van der Waals surface area contributed by atoms with Gasteiger partial charge in [0.15, 0.2) is 5.09 Å². The Morgan fingerprint density at radius 3 is 2.75 bits per heavy atom. The Labute approximate surface area is 60.6 Å². The number of thioether (sulfide) groups is 1. The second kappa shape index (κ2) is 2.60. The zero-order valence-electron chi connectivity index (χ0n) is 4.35. The van der Waals surface area contributed by atoms with Gasteiger partial charge < -0.3 is 4.42 Å². The van der Waals surface area contributed by atoms with Crippen molar-refractivity contribution in [3.05, 3.63) is 16.8 Å². The van der Waals surface area contributed by atoms with Crippen LogP contribution >= 0.6 is 27.7 Å². The Bertz CT molecular complexity index is 173. The summed E-state index contributed by atoms with van der Waals surface area (Å²) < 4.78 is 6.03. The van der Waals surface area contributed by atoms with Crippen molar-refractivity contribution in [1.82, 2.24) is 0 Å². The van der Waals surface area contributed by atoms with Crippen LogP contribution in [0.3, 0.4) is 0 Å². The van der Waals surface area contributed by atoms with E-state index in [2.05, 4.69) is 15.9 Å². The fourth-order valence-corrected chi connectivity index (χ4v) is 1.24. The molecule has 0 fully saturated rings. The van der Waals surface area contributed by atoms with Gasteiger partial charge in [-0.1, -0.05) is 11.8 Å². The minimum atomic E-state index is 0.942. The molecule has 0 unspecified atom stereocenters. The highest BCUT2D eigenvalue weighted by Gasteiger charge is 1.93. The SMILES string of the molecule is CSc1cc(Br)co1. The summed E-state index contributed by atoms with van der Waals surface area (Å²) in [6, 6.07) is 1.94. The van der Waals surface area contributed by atoms with Crippen LogP contribution in [0, 0.1) is 0 Å². The van der Waals surface area contributed by atoms with Crippen molar-refractivity contribution in [2.24, 2.45) is 0 Å². The van der Waals surface area contributed by atoms with Gasteiger partial charge in [-0.3, -0.25) is 0 Å². The molecule has 1 aromatic heterocycles. The second-order valence-corrected chi connectivity index (χ2v) is 3.01. The minimum absolute atomic E-state index is 0.942. The van der Waals surface area contributed by atoms with Crippen LogP contribution in [-0.2, 0) is 0 Å². The third-order valence-electron chi connectivity index (χ3n) is 0.745. The highest BCUT2D eigenvalue weighted by Crippen LogP contribution is 2.21. The first-order valence-electron chi connectivity index (χ1n) is 2.11. The fourth-order valence-electron chi connectivity index (χ4n) is 0.402. The van der Waals surface area contributed by atoms with Gasteiger partial charge in [-0.2, -0.15) is 0 Å². The summed E-state index contributed by atoms with van der Waals surface area (Å²) >= 11 is 4.86. The molecule has 1 rings (SSSR count). The zero-order valence-corrected chi connectivity index (χ0v) is 6.75. The van der Waals surface area contributed by atoms with E-state index in [1.54, 1.807) is 18.0 Å². The van der Waals surface area contributed by atoms with E-state index in [9.17, 15) is 0 Å². The molecule has 3 heteroatoms. The Kier molecular flexibility index (Phi) is 2.02. The summed E-state index contributed by atoms with van der Waals surface area (Å²) in [7, 11) is 0. The zero-order chi connectivity index (χ0) is 5.98. The van der Waals surface area contributed by atoms with E-state index >= 15 is 0 Å². The molecule has 44 valence electrons. The highest BCUT2D eigenvalue weighted by atomic mass is 79.9. The molecule has 1 heterocycles. The first kappa shape index (κ1) is 6.23. The third-order valence-corrected chi connectivity index (χ3v) is 1.78. The van der Waals surface area contributed by atoms with E-state index in [1.807, 2.05) is 12.3 Å². The van der Waals surface area contributed by atoms with Gasteiger partial charge in [0, 0.05) is 6.07 Å². The van der Waals surface area contributed by atoms with Crippen molar-refractivity contribution in [3.8, 4) is 0 Å². The van der Waals surface area contributed by atoms with Crippen LogP contribution in [0.2, 0.25) is 0 Å². The molecule has 1 nitrogen and oxygen atoms in total. The van der Waals surface area contributed by atoms with Gasteiger partial charge in [0.1, 0.15) is 6.26 Å². The van der Waals surface area contributed by atoms with Gasteiger partial charge in [0.2, 0.25) is 0 Å². The maximum atomic E-state index is 5.03. The quantitative estimate of drug-likeness (QED) is 0.636. The smallest absolute Gasteiger partial charge is 0.160 e. The van der Waals surface area contributed by atoms with Crippen LogP contribution in [0.4, 0.5) is 0 Å². The molecule has 0 saturated carbocycles. The van der Waals surface area contributed by atoms with E-state index in [1.165, 1.54) is 0 Å². The Balaban J connectivity index is 2.84. The maximum absolute atomic E-state index is 5.03. The Morgan fingerprint density at radius 2 is 2.50 bits per heavy atom. The van der Waals surface area contributed by atoms with Crippen LogP contribution < -0.4 is 0 Å². The van der Waals surface area contributed by atoms with Gasteiger partial charge in [-0.05, 0) is 22.2 Å². The second-order valence-electron chi connectivity index (χ2n) is 1.29. The molecule has 0 aliphatic heterocycles. The first-order valence-corrected chi connectivity index (χ1v) is 4.12. The van der Waals surface area contributed by atoms with Crippen molar-refractivity contribution in [3.63, 3.8) is 0 Å². The summed E-state index contributed by atoms with van der Waals surface area (Å²) in [6.07, 6.45) is 3.65. The predicted octanol–water partition coefficient (Wildman–Crippen LogP) is 2.76. The molecule has 0 radical (unpaired) electrons. The largest absolute Gasteiger partial charge is 0.457 e. The number of hydrogen-bond donors (Lipinski definition) is 0. The van der Waals surface area contributed by atoms with Crippen molar-refractivity contribution in [2.75, 3.05) is 6.26 Å². The third kappa shape index (κ3) is 1.29. The molecule has 0 atom stereocenters. The van der Waals surface area contributed by atoms with Crippen LogP contribution in [0.15, 0.2) is 26.3 Å². The normalized spacial score (nSPS) is 9.75. The summed E-state index contributed by atoms with van der Waals surface area (Å²) in [5.74, 6) is 0. The van der Waals surface area contributed by atoms with Gasteiger partial charge in [-0.25, -0.2) is 0 Å². The molecule has 1 aromatic rings. The van der Waals surface area contributed by atoms with Crippen molar-refractivity contribution in [1.29, 1.82) is 0 Å². The van der Waals surface area contributed by atoms with Crippen LogP contribution in [-0.4, -0.2) is 6.26 Å². The molecule has 0 aromatic carbocycles. The lowest BCUT2D eigenvalue weighted by molar-refractivity contribution is 0.474. The number of halogens is 1. The molecule has 0 saturated heterocycles. The van der Waals surface area contributed by atoms with Crippen LogP contribution in [0.5, 0.6) is 0 Å². The maximum Gasteiger partial charge on any atom is 0.160 e. The molecule has 0 N–H and O–H groups in total. The van der Waals surface area contributed by atoms with E-state index < -0.39 is 0 Å². The summed E-state index contributed by atoms with van der Waals surface area (Å²) in [4.78, 5) is 0. The molecule has 0 amide bonds. The lowest BCUT2D eigenvalue weighted by Crippen LogP contribution is -1.51. The summed E-state index contributed by atoms with van der Waals surface area (Å²) in [6.45, 7) is 0. The molecule has 0 spiro atoms. The molecular weight excluding hydrogens is 188 g/mol. The van der Waals surface area contributed by atoms with Crippen molar-refractivity contribution < 1.29 is 4.42 Å². The average molecular weight is 193 g/mol. The lowest BCUT2D eigenvalue weighted by Gasteiger charge is -1.79. The van der Waals surface area contributed by atoms with Gasteiger partial charge in [0.05, 0.1) is 4.47 Å². The first-order chi connectivity index (χ1) is 3.83. The molecule has 0 bridgehead atoms. The Morgan fingerprint density at radius 1 is 1.75 bits per heavy atom. The van der Waals surface area contributed by atoms with Gasteiger partial charge in [-0.15, -0.1) is 0 Å². The summed E-state index contributed by atoms with van der Waals surface area (Å²) in [5, 5.41) is 0.942. The molecule has 0 aliphatic rings. The monoisotopic (exact) mass is 192 g/mol. The van der Waals surface area contributed by atoms with Crippen LogP contribution in [0.25, 0.3) is 0 Å². The number of furan rings is 1. The predicted molar refractivity (Wildman–Crippen MR) is 38.2 cm³/mol. The van der Waals surface area contributed by atoms with Crippen LogP contribution in [0.1, 0.15) is 0 Å².